The number of nitrogens with two attached hydrogens (primary N) is 1. The number of aromatic nitrogens is 1. The van der Waals surface area contributed by atoms with Crippen LogP contribution in [0, 0.1) is 12.3 Å². The van der Waals surface area contributed by atoms with Gasteiger partial charge >= 0.3 is 0 Å². The lowest BCUT2D eigenvalue weighted by Gasteiger charge is -2.23. The number of nitrogens with one attached hydrogen (secondary N) is 1. The van der Waals surface area contributed by atoms with Gasteiger partial charge in [-0.05, 0) is 25.1 Å². The fraction of sp³-hybridized carbons (Fsp3) is 0.400. The fourth-order valence-corrected chi connectivity index (χ4v) is 1.91. The van der Waals surface area contributed by atoms with E-state index in [1.165, 1.54) is 0 Å². The second-order valence-corrected chi connectivity index (χ2v) is 5.75. The van der Waals surface area contributed by atoms with Crippen LogP contribution in [-0.4, -0.2) is 23.2 Å². The third kappa shape index (κ3) is 2.96. The van der Waals surface area contributed by atoms with Crippen LogP contribution in [0.15, 0.2) is 24.4 Å². The van der Waals surface area contributed by atoms with Crippen LogP contribution in [0.5, 0.6) is 0 Å². The first-order valence-corrected chi connectivity index (χ1v) is 6.42. The molecule has 0 aliphatic carbocycles. The Kier molecular flexibility index (Phi) is 3.62. The summed E-state index contributed by atoms with van der Waals surface area (Å²) in [5, 5.41) is 14.7. The lowest BCUT2D eigenvalue weighted by molar-refractivity contribution is 0.171. The average molecular weight is 259 g/mol. The van der Waals surface area contributed by atoms with Crippen LogP contribution < -0.4 is 11.1 Å². The quantitative estimate of drug-likeness (QED) is 0.738. The van der Waals surface area contributed by atoms with Gasteiger partial charge in [-0.25, -0.2) is 0 Å². The zero-order valence-electron chi connectivity index (χ0n) is 11.7. The highest BCUT2D eigenvalue weighted by atomic mass is 16.3. The van der Waals surface area contributed by atoms with E-state index in [1.54, 1.807) is 0 Å². The lowest BCUT2D eigenvalue weighted by Crippen LogP contribution is -2.26. The van der Waals surface area contributed by atoms with E-state index in [2.05, 4.69) is 10.3 Å². The van der Waals surface area contributed by atoms with E-state index in [1.807, 2.05) is 45.2 Å². The maximum atomic E-state index is 9.30. The first-order chi connectivity index (χ1) is 8.93. The Hall–Kier alpha value is -1.81. The molecule has 0 aliphatic rings. The molecule has 2 aromatic rings. The number of pyridine rings is 1. The van der Waals surface area contributed by atoms with Crippen LogP contribution >= 0.6 is 0 Å². The number of anilines is 2. The van der Waals surface area contributed by atoms with Crippen molar-refractivity contribution in [1.82, 2.24) is 4.98 Å². The molecule has 0 spiro atoms. The minimum absolute atomic E-state index is 0.146. The summed E-state index contributed by atoms with van der Waals surface area (Å²) >= 11 is 0. The molecule has 19 heavy (non-hydrogen) atoms. The number of aliphatic hydroxyl groups is 1. The minimum atomic E-state index is -0.157. The number of aryl methyl sites for hydroxylation is 1. The fourth-order valence-electron chi connectivity index (χ4n) is 1.91. The summed E-state index contributed by atoms with van der Waals surface area (Å²) in [7, 11) is 0. The highest BCUT2D eigenvalue weighted by Gasteiger charge is 2.16. The molecule has 0 aliphatic heterocycles. The summed E-state index contributed by atoms with van der Waals surface area (Å²) in [6, 6.07) is 5.89. The Morgan fingerprint density at radius 2 is 2.05 bits per heavy atom. The Bertz CT molecular complexity index is 593. The Morgan fingerprint density at radius 3 is 2.74 bits per heavy atom. The maximum absolute atomic E-state index is 9.30. The SMILES string of the molecule is Cc1cc2c(NCC(C)(C)CO)ccc(N)c2cn1. The van der Waals surface area contributed by atoms with Gasteiger partial charge in [0.05, 0.1) is 0 Å². The zero-order valence-corrected chi connectivity index (χ0v) is 11.7. The average Bonchev–Trinajstić information content (AvgIpc) is 2.38. The number of nitrogens with zero attached hydrogens (tertiary/aromatic N) is 1. The molecule has 102 valence electrons. The Morgan fingerprint density at radius 1 is 1.32 bits per heavy atom. The van der Waals surface area contributed by atoms with Gasteiger partial charge in [0.2, 0.25) is 0 Å². The number of hydrogen-bond donors (Lipinski definition) is 3. The van der Waals surface area contributed by atoms with Gasteiger partial charge in [0.1, 0.15) is 0 Å². The van der Waals surface area contributed by atoms with Crippen LogP contribution in [0.3, 0.4) is 0 Å². The minimum Gasteiger partial charge on any atom is -0.398 e. The molecule has 0 bridgehead atoms. The second kappa shape index (κ2) is 5.05. The van der Waals surface area contributed by atoms with Crippen molar-refractivity contribution in [2.45, 2.75) is 20.8 Å². The van der Waals surface area contributed by atoms with Crippen LogP contribution in [0.4, 0.5) is 11.4 Å². The molecule has 0 radical (unpaired) electrons. The molecule has 4 N–H and O–H groups in total. The summed E-state index contributed by atoms with van der Waals surface area (Å²) in [6.07, 6.45) is 1.81. The molecule has 0 atom stereocenters. The van der Waals surface area contributed by atoms with Crippen molar-refractivity contribution in [2.24, 2.45) is 5.41 Å². The van der Waals surface area contributed by atoms with Crippen molar-refractivity contribution in [3.05, 3.63) is 30.1 Å². The van der Waals surface area contributed by atoms with Crippen LogP contribution in [0.25, 0.3) is 10.8 Å². The monoisotopic (exact) mass is 259 g/mol. The van der Waals surface area contributed by atoms with Gasteiger partial charge in [0.25, 0.3) is 0 Å². The third-order valence-corrected chi connectivity index (χ3v) is 3.26. The molecule has 0 saturated heterocycles. The predicted molar refractivity (Wildman–Crippen MR) is 80.2 cm³/mol. The molecule has 1 aromatic carbocycles. The van der Waals surface area contributed by atoms with Crippen molar-refractivity contribution < 1.29 is 5.11 Å². The van der Waals surface area contributed by atoms with Gasteiger partial charge < -0.3 is 16.2 Å². The predicted octanol–water partition coefficient (Wildman–Crippen LogP) is 2.56. The summed E-state index contributed by atoms with van der Waals surface area (Å²) in [4.78, 5) is 4.29. The van der Waals surface area contributed by atoms with E-state index in [0.717, 1.165) is 27.8 Å². The van der Waals surface area contributed by atoms with E-state index < -0.39 is 0 Å². The van der Waals surface area contributed by atoms with Crippen molar-refractivity contribution in [2.75, 3.05) is 24.2 Å². The molecule has 0 amide bonds. The second-order valence-electron chi connectivity index (χ2n) is 5.75. The van der Waals surface area contributed by atoms with Gasteiger partial charge in [0.15, 0.2) is 0 Å². The Labute approximate surface area is 113 Å². The van der Waals surface area contributed by atoms with E-state index in [4.69, 9.17) is 5.73 Å². The highest BCUT2D eigenvalue weighted by molar-refractivity contribution is 6.00. The molecule has 0 fully saturated rings. The van der Waals surface area contributed by atoms with Crippen molar-refractivity contribution in [3.8, 4) is 0 Å². The van der Waals surface area contributed by atoms with Crippen LogP contribution in [0.2, 0.25) is 0 Å². The van der Waals surface area contributed by atoms with E-state index in [-0.39, 0.29) is 12.0 Å². The number of hydrogen-bond acceptors (Lipinski definition) is 4. The first kappa shape index (κ1) is 13.6. The van der Waals surface area contributed by atoms with Crippen molar-refractivity contribution >= 4 is 22.1 Å². The normalized spacial score (nSPS) is 11.8. The highest BCUT2D eigenvalue weighted by Crippen LogP contribution is 2.29. The van der Waals surface area contributed by atoms with E-state index >= 15 is 0 Å². The number of aliphatic hydroxyl groups excluding tert-OH is 1. The van der Waals surface area contributed by atoms with Gasteiger partial charge in [-0.1, -0.05) is 13.8 Å². The number of fused-ring (bicyclic) bond motifs is 1. The summed E-state index contributed by atoms with van der Waals surface area (Å²) < 4.78 is 0. The zero-order chi connectivity index (χ0) is 14.0. The van der Waals surface area contributed by atoms with Crippen molar-refractivity contribution in [3.63, 3.8) is 0 Å². The van der Waals surface area contributed by atoms with E-state index in [0.29, 0.717) is 6.54 Å². The summed E-state index contributed by atoms with van der Waals surface area (Å²) in [5.41, 5.74) is 8.53. The number of rotatable bonds is 4. The van der Waals surface area contributed by atoms with Crippen LogP contribution in [-0.2, 0) is 0 Å². The van der Waals surface area contributed by atoms with Crippen LogP contribution in [0.1, 0.15) is 19.5 Å². The van der Waals surface area contributed by atoms with E-state index in [9.17, 15) is 5.11 Å². The molecule has 0 saturated carbocycles. The maximum Gasteiger partial charge on any atom is 0.0498 e. The topological polar surface area (TPSA) is 71.2 Å². The molecule has 2 rings (SSSR count). The number of nitrogen functional groups attached to an aromatic ring is 1. The standard InChI is InChI=1S/C15H21N3O/c1-10-6-11-12(7-17-10)13(16)4-5-14(11)18-8-15(2,3)9-19/h4-7,18-19H,8-9,16H2,1-3H3. The number of benzene rings is 1. The smallest absolute Gasteiger partial charge is 0.0498 e. The molecule has 1 heterocycles. The Balaban J connectivity index is 2.38. The largest absolute Gasteiger partial charge is 0.398 e. The molecule has 4 heteroatoms. The summed E-state index contributed by atoms with van der Waals surface area (Å²) in [6.45, 7) is 6.85. The summed E-state index contributed by atoms with van der Waals surface area (Å²) in [5.74, 6) is 0. The van der Waals surface area contributed by atoms with Gasteiger partial charge in [-0.15, -0.1) is 0 Å². The molecule has 0 unspecified atom stereocenters. The molecule has 1 aromatic heterocycles. The molecular formula is C15H21N3O. The lowest BCUT2D eigenvalue weighted by atomic mass is 9.94. The van der Waals surface area contributed by atoms with Gasteiger partial charge in [0, 0.05) is 52.6 Å². The molecule has 4 nitrogen and oxygen atoms in total. The molecular weight excluding hydrogens is 238 g/mol. The first-order valence-electron chi connectivity index (χ1n) is 6.42. The van der Waals surface area contributed by atoms with Crippen molar-refractivity contribution in [1.29, 1.82) is 0 Å². The van der Waals surface area contributed by atoms with Gasteiger partial charge in [-0.3, -0.25) is 4.98 Å². The van der Waals surface area contributed by atoms with Gasteiger partial charge in [-0.2, -0.15) is 0 Å². The third-order valence-electron chi connectivity index (χ3n) is 3.26.